The van der Waals surface area contributed by atoms with Crippen LogP contribution in [0.1, 0.15) is 35.6 Å². The fourth-order valence-electron chi connectivity index (χ4n) is 3.74. The molecular weight excluding hydrogens is 467 g/mol. The van der Waals surface area contributed by atoms with E-state index in [0.717, 1.165) is 28.7 Å². The lowest BCUT2D eigenvalue weighted by Crippen LogP contribution is -2.51. The molecule has 0 aromatic heterocycles. The maximum Gasteiger partial charge on any atom is 0.243 e. The van der Waals surface area contributed by atoms with E-state index in [4.69, 9.17) is 23.2 Å². The zero-order valence-corrected chi connectivity index (χ0v) is 21.1. The van der Waals surface area contributed by atoms with Crippen LogP contribution in [-0.4, -0.2) is 29.3 Å². The molecule has 0 heterocycles. The fraction of sp³-hybridized carbons (Fsp3) is 0.286. The van der Waals surface area contributed by atoms with Crippen molar-refractivity contribution in [1.29, 1.82) is 0 Å². The van der Waals surface area contributed by atoms with Crippen LogP contribution in [0.25, 0.3) is 0 Å². The molecule has 3 aromatic rings. The van der Waals surface area contributed by atoms with Gasteiger partial charge in [0.1, 0.15) is 6.04 Å². The Morgan fingerprint density at radius 2 is 1.56 bits per heavy atom. The summed E-state index contributed by atoms with van der Waals surface area (Å²) in [5.74, 6) is -0.287. The Balaban J connectivity index is 1.96. The van der Waals surface area contributed by atoms with Crippen molar-refractivity contribution in [1.82, 2.24) is 10.2 Å². The Hall–Kier alpha value is -2.82. The van der Waals surface area contributed by atoms with Crippen molar-refractivity contribution in [3.05, 3.63) is 105 Å². The first kappa shape index (κ1) is 25.8. The van der Waals surface area contributed by atoms with Crippen LogP contribution in [0, 0.1) is 6.92 Å². The van der Waals surface area contributed by atoms with Crippen LogP contribution in [0.2, 0.25) is 10.0 Å². The average Bonchev–Trinajstić information content (AvgIpc) is 2.84. The summed E-state index contributed by atoms with van der Waals surface area (Å²) in [5.41, 5.74) is 3.83. The molecule has 4 nitrogen and oxygen atoms in total. The molecule has 0 aliphatic heterocycles. The molecule has 0 bridgehead atoms. The Bertz CT molecular complexity index is 1100. The van der Waals surface area contributed by atoms with E-state index in [-0.39, 0.29) is 24.8 Å². The molecule has 2 amide bonds. The number of carbonyl (C=O) groups is 2. The topological polar surface area (TPSA) is 49.4 Å². The maximum atomic E-state index is 13.7. The fourth-order valence-corrected chi connectivity index (χ4v) is 4.06. The average molecular weight is 497 g/mol. The van der Waals surface area contributed by atoms with Crippen molar-refractivity contribution in [3.63, 3.8) is 0 Å². The molecule has 1 atom stereocenters. The number of amides is 2. The first-order chi connectivity index (χ1) is 16.4. The number of aryl methyl sites for hydroxylation is 1. The van der Waals surface area contributed by atoms with Gasteiger partial charge in [-0.2, -0.15) is 0 Å². The summed E-state index contributed by atoms with van der Waals surface area (Å²) in [5, 5.41) is 3.85. The molecule has 0 saturated heterocycles. The number of nitrogens with zero attached hydrogens (tertiary/aromatic N) is 1. The Labute approximate surface area is 211 Å². The molecule has 6 heteroatoms. The van der Waals surface area contributed by atoms with E-state index >= 15 is 0 Å². The summed E-state index contributed by atoms with van der Waals surface area (Å²) >= 11 is 12.3. The molecular formula is C28H30Cl2N2O2. The first-order valence-electron chi connectivity index (χ1n) is 11.5. The minimum atomic E-state index is -0.665. The van der Waals surface area contributed by atoms with Gasteiger partial charge >= 0.3 is 0 Å². The highest BCUT2D eigenvalue weighted by molar-refractivity contribution is 6.42. The quantitative estimate of drug-likeness (QED) is 0.373. The molecule has 178 valence electrons. The number of halogens is 2. The van der Waals surface area contributed by atoms with Crippen molar-refractivity contribution >= 4 is 35.0 Å². The van der Waals surface area contributed by atoms with Gasteiger partial charge in [0.15, 0.2) is 0 Å². The second-order valence-corrected chi connectivity index (χ2v) is 9.24. The third-order valence-electron chi connectivity index (χ3n) is 5.63. The Morgan fingerprint density at radius 1 is 0.882 bits per heavy atom. The standard InChI is InChI=1S/C28H30Cl2N2O2/c1-3-15-31-28(34)26(17-21-7-5-4-6-8-21)32(19-23-13-14-24(29)25(30)16-23)27(33)18-22-11-9-20(2)10-12-22/h4-14,16,26H,3,15,17-19H2,1-2H3,(H,31,34)/t26-/m1/s1. The van der Waals surface area contributed by atoms with Gasteiger partial charge in [-0.1, -0.05) is 96.4 Å². The zero-order valence-electron chi connectivity index (χ0n) is 19.6. The van der Waals surface area contributed by atoms with E-state index in [1.165, 1.54) is 0 Å². The number of rotatable bonds is 10. The maximum absolute atomic E-state index is 13.7. The van der Waals surface area contributed by atoms with Crippen LogP contribution >= 0.6 is 23.2 Å². The second kappa shape index (κ2) is 12.6. The van der Waals surface area contributed by atoms with Crippen LogP contribution in [0.4, 0.5) is 0 Å². The van der Waals surface area contributed by atoms with Gasteiger partial charge in [-0.3, -0.25) is 9.59 Å². The molecule has 0 spiro atoms. The van der Waals surface area contributed by atoms with Gasteiger partial charge in [0.25, 0.3) is 0 Å². The summed E-state index contributed by atoms with van der Waals surface area (Å²) in [7, 11) is 0. The highest BCUT2D eigenvalue weighted by Crippen LogP contribution is 2.24. The predicted molar refractivity (Wildman–Crippen MR) is 139 cm³/mol. The van der Waals surface area contributed by atoms with Crippen LogP contribution in [0.3, 0.4) is 0 Å². The van der Waals surface area contributed by atoms with E-state index in [1.54, 1.807) is 17.0 Å². The normalized spacial score (nSPS) is 11.6. The number of benzene rings is 3. The molecule has 3 rings (SSSR count). The van der Waals surface area contributed by atoms with Crippen molar-refractivity contribution in [2.24, 2.45) is 0 Å². The number of hydrogen-bond donors (Lipinski definition) is 1. The third-order valence-corrected chi connectivity index (χ3v) is 6.37. The van der Waals surface area contributed by atoms with E-state index in [0.29, 0.717) is 23.0 Å². The molecule has 0 saturated carbocycles. The highest BCUT2D eigenvalue weighted by atomic mass is 35.5. The van der Waals surface area contributed by atoms with Crippen molar-refractivity contribution in [2.45, 2.75) is 45.7 Å². The molecule has 34 heavy (non-hydrogen) atoms. The zero-order chi connectivity index (χ0) is 24.5. The largest absolute Gasteiger partial charge is 0.354 e. The smallest absolute Gasteiger partial charge is 0.243 e. The number of hydrogen-bond acceptors (Lipinski definition) is 2. The lowest BCUT2D eigenvalue weighted by Gasteiger charge is -2.32. The molecule has 0 aliphatic rings. The van der Waals surface area contributed by atoms with Crippen LogP contribution in [0.5, 0.6) is 0 Å². The number of nitrogens with one attached hydrogen (secondary N) is 1. The minimum absolute atomic E-state index is 0.123. The molecule has 1 N–H and O–H groups in total. The van der Waals surface area contributed by atoms with Gasteiger partial charge in [0.05, 0.1) is 16.5 Å². The molecule has 0 aliphatic carbocycles. The summed E-state index contributed by atoms with van der Waals surface area (Å²) in [6.45, 7) is 4.81. The van der Waals surface area contributed by atoms with Crippen LogP contribution < -0.4 is 5.32 Å². The monoisotopic (exact) mass is 496 g/mol. The lowest BCUT2D eigenvalue weighted by atomic mass is 10.0. The van der Waals surface area contributed by atoms with Gasteiger partial charge in [-0.05, 0) is 42.2 Å². The van der Waals surface area contributed by atoms with Crippen LogP contribution in [0.15, 0.2) is 72.8 Å². The van der Waals surface area contributed by atoms with E-state index in [9.17, 15) is 9.59 Å². The summed E-state index contributed by atoms with van der Waals surface area (Å²) in [4.78, 5) is 28.6. The number of carbonyl (C=O) groups excluding carboxylic acids is 2. The third kappa shape index (κ3) is 7.34. The van der Waals surface area contributed by atoms with Crippen LogP contribution in [-0.2, 0) is 29.0 Å². The summed E-state index contributed by atoms with van der Waals surface area (Å²) < 4.78 is 0. The lowest BCUT2D eigenvalue weighted by molar-refractivity contribution is -0.140. The molecule has 0 radical (unpaired) electrons. The van der Waals surface area contributed by atoms with Gasteiger partial charge < -0.3 is 10.2 Å². The van der Waals surface area contributed by atoms with Crippen molar-refractivity contribution < 1.29 is 9.59 Å². The van der Waals surface area contributed by atoms with Gasteiger partial charge in [-0.25, -0.2) is 0 Å². The first-order valence-corrected chi connectivity index (χ1v) is 12.2. The van der Waals surface area contributed by atoms with Gasteiger partial charge in [0, 0.05) is 19.5 Å². The second-order valence-electron chi connectivity index (χ2n) is 8.43. The van der Waals surface area contributed by atoms with Crippen molar-refractivity contribution in [2.75, 3.05) is 6.54 Å². The summed E-state index contributed by atoms with van der Waals surface area (Å²) in [6, 6.07) is 22.3. The Kier molecular flexibility index (Phi) is 9.55. The van der Waals surface area contributed by atoms with Gasteiger partial charge in [-0.15, -0.1) is 0 Å². The highest BCUT2D eigenvalue weighted by Gasteiger charge is 2.30. The minimum Gasteiger partial charge on any atom is -0.354 e. The molecule has 3 aromatic carbocycles. The summed E-state index contributed by atoms with van der Waals surface area (Å²) in [6.07, 6.45) is 1.43. The van der Waals surface area contributed by atoms with E-state index in [1.807, 2.05) is 74.5 Å². The molecule has 0 unspecified atom stereocenters. The Morgan fingerprint density at radius 3 is 2.21 bits per heavy atom. The van der Waals surface area contributed by atoms with Crippen molar-refractivity contribution in [3.8, 4) is 0 Å². The van der Waals surface area contributed by atoms with Gasteiger partial charge in [0.2, 0.25) is 11.8 Å². The predicted octanol–water partition coefficient (Wildman–Crippen LogP) is 6.01. The SMILES string of the molecule is CCCNC(=O)[C@@H](Cc1ccccc1)N(Cc1ccc(Cl)c(Cl)c1)C(=O)Cc1ccc(C)cc1. The van der Waals surface area contributed by atoms with E-state index in [2.05, 4.69) is 5.32 Å². The molecule has 0 fully saturated rings. The van der Waals surface area contributed by atoms with E-state index < -0.39 is 6.04 Å².